The molecule has 7 nitrogen and oxygen atoms in total. The monoisotopic (exact) mass is 413 g/mol. The number of carbonyl (C=O) groups excluding carboxylic acids is 1. The lowest BCUT2D eigenvalue weighted by Crippen LogP contribution is -2.27. The number of ether oxygens (including phenoxy) is 3. The molecule has 0 spiro atoms. The number of hydrogen-bond acceptors (Lipinski definition) is 6. The summed E-state index contributed by atoms with van der Waals surface area (Å²) in [6.45, 7) is 4.29. The number of aromatic nitrogens is 2. The lowest BCUT2D eigenvalue weighted by molar-refractivity contribution is -0.118. The van der Waals surface area contributed by atoms with Crippen LogP contribution in [0.4, 0.5) is 0 Å². The molecule has 4 rings (SSSR count). The van der Waals surface area contributed by atoms with E-state index < -0.39 is 0 Å². The average Bonchev–Trinajstić information content (AvgIpc) is 3.15. The molecule has 2 N–H and O–H groups in total. The van der Waals surface area contributed by atoms with E-state index in [1.54, 1.807) is 0 Å². The number of aromatic amines is 1. The highest BCUT2D eigenvalue weighted by atomic mass is 32.2. The third-order valence-corrected chi connectivity index (χ3v) is 5.30. The Morgan fingerprint density at radius 1 is 1.21 bits per heavy atom. The van der Waals surface area contributed by atoms with Crippen LogP contribution in [-0.2, 0) is 11.2 Å². The molecule has 1 aliphatic rings. The van der Waals surface area contributed by atoms with Gasteiger partial charge in [0, 0.05) is 12.6 Å². The van der Waals surface area contributed by atoms with Crippen LogP contribution in [0.15, 0.2) is 41.6 Å². The summed E-state index contributed by atoms with van der Waals surface area (Å²) < 4.78 is 16.6. The fraction of sp³-hybridized carbons (Fsp3) is 0.333. The molecule has 1 aliphatic heterocycles. The molecule has 0 unspecified atom stereocenters. The SMILES string of the molecule is CCOc1ccc2nc(SCC(=O)NCCc3ccc4c(c3)OCCO4)[nH]c2c1. The first-order valence-electron chi connectivity index (χ1n) is 9.62. The van der Waals surface area contributed by atoms with Crippen molar-refractivity contribution in [2.24, 2.45) is 0 Å². The molecule has 0 saturated carbocycles. The van der Waals surface area contributed by atoms with Crippen LogP contribution in [0.1, 0.15) is 12.5 Å². The van der Waals surface area contributed by atoms with Crippen molar-refractivity contribution >= 4 is 28.7 Å². The van der Waals surface area contributed by atoms with Gasteiger partial charge in [-0.05, 0) is 43.2 Å². The number of rotatable bonds is 8. The van der Waals surface area contributed by atoms with Crippen molar-refractivity contribution in [1.29, 1.82) is 0 Å². The minimum Gasteiger partial charge on any atom is -0.494 e. The molecular weight excluding hydrogens is 390 g/mol. The molecular formula is C21H23N3O4S. The molecule has 1 aromatic heterocycles. The van der Waals surface area contributed by atoms with Gasteiger partial charge in [0.1, 0.15) is 19.0 Å². The minimum atomic E-state index is -0.0250. The van der Waals surface area contributed by atoms with Gasteiger partial charge in [-0.2, -0.15) is 0 Å². The van der Waals surface area contributed by atoms with Crippen molar-refractivity contribution in [3.05, 3.63) is 42.0 Å². The Labute approximate surface area is 173 Å². The third kappa shape index (κ3) is 4.95. The summed E-state index contributed by atoms with van der Waals surface area (Å²) in [5.41, 5.74) is 2.86. The fourth-order valence-corrected chi connectivity index (χ4v) is 3.78. The summed E-state index contributed by atoms with van der Waals surface area (Å²) in [6.07, 6.45) is 0.734. The summed E-state index contributed by atoms with van der Waals surface area (Å²) in [7, 11) is 0. The molecule has 0 saturated heterocycles. The zero-order valence-electron chi connectivity index (χ0n) is 16.2. The van der Waals surface area contributed by atoms with Crippen LogP contribution in [0.5, 0.6) is 17.2 Å². The highest BCUT2D eigenvalue weighted by molar-refractivity contribution is 7.99. The van der Waals surface area contributed by atoms with Crippen LogP contribution in [0, 0.1) is 0 Å². The van der Waals surface area contributed by atoms with Crippen LogP contribution in [0.25, 0.3) is 11.0 Å². The first-order chi connectivity index (χ1) is 14.2. The molecule has 0 atom stereocenters. The number of imidazole rings is 1. The molecule has 0 fully saturated rings. The van der Waals surface area contributed by atoms with Gasteiger partial charge in [0.15, 0.2) is 16.7 Å². The fourth-order valence-electron chi connectivity index (χ4n) is 3.06. The van der Waals surface area contributed by atoms with E-state index in [0.29, 0.717) is 32.1 Å². The van der Waals surface area contributed by atoms with Gasteiger partial charge < -0.3 is 24.5 Å². The van der Waals surface area contributed by atoms with E-state index in [1.165, 1.54) is 11.8 Å². The Morgan fingerprint density at radius 2 is 2.07 bits per heavy atom. The molecule has 0 aliphatic carbocycles. The van der Waals surface area contributed by atoms with Crippen molar-refractivity contribution in [2.45, 2.75) is 18.5 Å². The highest BCUT2D eigenvalue weighted by Gasteiger charge is 2.12. The zero-order chi connectivity index (χ0) is 20.1. The van der Waals surface area contributed by atoms with E-state index in [4.69, 9.17) is 14.2 Å². The summed E-state index contributed by atoms with van der Waals surface area (Å²) >= 11 is 1.38. The lowest BCUT2D eigenvalue weighted by Gasteiger charge is -2.18. The van der Waals surface area contributed by atoms with E-state index in [2.05, 4.69) is 15.3 Å². The van der Waals surface area contributed by atoms with Crippen molar-refractivity contribution in [3.63, 3.8) is 0 Å². The van der Waals surface area contributed by atoms with Crippen molar-refractivity contribution in [1.82, 2.24) is 15.3 Å². The van der Waals surface area contributed by atoms with E-state index in [0.717, 1.165) is 45.4 Å². The van der Waals surface area contributed by atoms with Gasteiger partial charge in [-0.3, -0.25) is 4.79 Å². The van der Waals surface area contributed by atoms with Gasteiger partial charge in [-0.25, -0.2) is 4.98 Å². The van der Waals surface area contributed by atoms with Crippen LogP contribution >= 0.6 is 11.8 Å². The first kappa shape index (κ1) is 19.4. The van der Waals surface area contributed by atoms with Gasteiger partial charge in [0.05, 0.1) is 23.4 Å². The minimum absolute atomic E-state index is 0.0250. The van der Waals surface area contributed by atoms with Crippen LogP contribution in [-0.4, -0.2) is 48.0 Å². The van der Waals surface area contributed by atoms with Gasteiger partial charge in [0.2, 0.25) is 5.91 Å². The summed E-state index contributed by atoms with van der Waals surface area (Å²) in [5, 5.41) is 3.67. The molecule has 0 bridgehead atoms. The van der Waals surface area contributed by atoms with E-state index in [9.17, 15) is 4.79 Å². The van der Waals surface area contributed by atoms with Gasteiger partial charge in [0.25, 0.3) is 0 Å². The van der Waals surface area contributed by atoms with Crippen molar-refractivity contribution < 1.29 is 19.0 Å². The first-order valence-corrected chi connectivity index (χ1v) is 10.6. The summed E-state index contributed by atoms with van der Waals surface area (Å²) in [6, 6.07) is 11.6. The summed E-state index contributed by atoms with van der Waals surface area (Å²) in [5.74, 6) is 2.63. The van der Waals surface area contributed by atoms with E-state index in [-0.39, 0.29) is 5.91 Å². The second kappa shape index (κ2) is 9.09. The third-order valence-electron chi connectivity index (χ3n) is 4.43. The second-order valence-electron chi connectivity index (χ2n) is 6.52. The number of fused-ring (bicyclic) bond motifs is 2. The Hall–Kier alpha value is -2.87. The van der Waals surface area contributed by atoms with Crippen LogP contribution in [0.3, 0.4) is 0 Å². The van der Waals surface area contributed by atoms with Crippen molar-refractivity contribution in [3.8, 4) is 17.2 Å². The van der Waals surface area contributed by atoms with Crippen LogP contribution in [0.2, 0.25) is 0 Å². The largest absolute Gasteiger partial charge is 0.494 e. The standard InChI is InChI=1S/C21H23N3O4S/c1-2-26-15-4-5-16-17(12-15)24-21(23-16)29-13-20(25)22-8-7-14-3-6-18-19(11-14)28-10-9-27-18/h3-6,11-12H,2,7-10,13H2,1H3,(H,22,25)(H,23,24). The van der Waals surface area contributed by atoms with E-state index >= 15 is 0 Å². The number of benzene rings is 2. The van der Waals surface area contributed by atoms with Gasteiger partial charge >= 0.3 is 0 Å². The maximum Gasteiger partial charge on any atom is 0.230 e. The molecule has 2 heterocycles. The van der Waals surface area contributed by atoms with Crippen LogP contribution < -0.4 is 19.5 Å². The lowest BCUT2D eigenvalue weighted by atomic mass is 10.1. The number of nitrogens with one attached hydrogen (secondary N) is 2. The Balaban J connectivity index is 1.24. The highest BCUT2D eigenvalue weighted by Crippen LogP contribution is 2.30. The predicted molar refractivity (Wildman–Crippen MR) is 112 cm³/mol. The topological polar surface area (TPSA) is 85.5 Å². The number of carbonyl (C=O) groups is 1. The number of thioether (sulfide) groups is 1. The van der Waals surface area contributed by atoms with Gasteiger partial charge in [-0.15, -0.1) is 0 Å². The molecule has 1 amide bonds. The Morgan fingerprint density at radius 3 is 2.93 bits per heavy atom. The molecule has 29 heavy (non-hydrogen) atoms. The average molecular weight is 413 g/mol. The zero-order valence-corrected chi connectivity index (χ0v) is 17.0. The Kier molecular flexibility index (Phi) is 6.09. The number of amides is 1. The maximum atomic E-state index is 12.2. The number of nitrogens with zero attached hydrogens (tertiary/aromatic N) is 1. The van der Waals surface area contributed by atoms with E-state index in [1.807, 2.05) is 43.3 Å². The smallest absolute Gasteiger partial charge is 0.230 e. The normalized spacial score (nSPS) is 12.7. The molecule has 0 radical (unpaired) electrons. The predicted octanol–water partition coefficient (Wildman–Crippen LogP) is 3.18. The second-order valence-corrected chi connectivity index (χ2v) is 7.48. The maximum absolute atomic E-state index is 12.2. The molecule has 2 aromatic carbocycles. The van der Waals surface area contributed by atoms with Gasteiger partial charge in [-0.1, -0.05) is 17.8 Å². The summed E-state index contributed by atoms with van der Waals surface area (Å²) in [4.78, 5) is 19.9. The number of hydrogen-bond donors (Lipinski definition) is 2. The van der Waals surface area contributed by atoms with Crippen molar-refractivity contribution in [2.75, 3.05) is 32.1 Å². The molecule has 152 valence electrons. The molecule has 3 aromatic rings. The quantitative estimate of drug-likeness (QED) is 0.552. The Bertz CT molecular complexity index is 1000. The molecule has 8 heteroatoms. The number of H-pyrrole nitrogens is 1.